The molecule has 6 nitrogen and oxygen atoms in total. The highest BCUT2D eigenvalue weighted by Crippen LogP contribution is 2.65. The highest BCUT2D eigenvalue weighted by Gasteiger charge is 2.65. The van der Waals surface area contributed by atoms with Crippen LogP contribution in [-0.2, 0) is 9.59 Å². The fourth-order valence-electron chi connectivity index (χ4n) is 3.99. The standard InChI is InChI=1S/C19H19BrF3N3O3/c20-11-1-2-12(14(21)6-11)13-7-19(13)3-4-26(17(19)29)15(16(27)28)5-10(8-24)9-25-18(22)23/h1-2,6,8-9,13,15,18H,3-5,7,24H2,(H,27,28)/b10-8-,25-9+/t13-,15-,19+/m1/s1. The average Bonchev–Trinajstić information content (AvgIpc) is 3.29. The molecule has 10 heteroatoms. The highest BCUT2D eigenvalue weighted by molar-refractivity contribution is 9.10. The lowest BCUT2D eigenvalue weighted by molar-refractivity contribution is -0.149. The number of aliphatic imine (C=N–C) groups is 1. The second-order valence-electron chi connectivity index (χ2n) is 7.18. The van der Waals surface area contributed by atoms with Gasteiger partial charge in [0, 0.05) is 29.6 Å². The Kier molecular flexibility index (Phi) is 6.02. The molecule has 3 N–H and O–H groups in total. The van der Waals surface area contributed by atoms with Crippen LogP contribution < -0.4 is 5.73 Å². The van der Waals surface area contributed by atoms with E-state index >= 15 is 0 Å². The van der Waals surface area contributed by atoms with E-state index in [0.29, 0.717) is 22.9 Å². The van der Waals surface area contributed by atoms with E-state index in [0.717, 1.165) is 12.4 Å². The van der Waals surface area contributed by atoms with Crippen LogP contribution in [0.5, 0.6) is 0 Å². The number of carbonyl (C=O) groups is 2. The minimum atomic E-state index is -2.95. The molecule has 1 heterocycles. The van der Waals surface area contributed by atoms with Crippen LogP contribution in [0.25, 0.3) is 0 Å². The molecule has 156 valence electrons. The summed E-state index contributed by atoms with van der Waals surface area (Å²) in [7, 11) is 0. The Morgan fingerprint density at radius 2 is 2.21 bits per heavy atom. The number of rotatable bonds is 7. The quantitative estimate of drug-likeness (QED) is 0.469. The van der Waals surface area contributed by atoms with Crippen LogP contribution >= 0.6 is 15.9 Å². The van der Waals surface area contributed by atoms with E-state index in [9.17, 15) is 27.9 Å². The lowest BCUT2D eigenvalue weighted by Crippen LogP contribution is -2.43. The first-order chi connectivity index (χ1) is 13.7. The number of hydrogen-bond acceptors (Lipinski definition) is 4. The Labute approximate surface area is 173 Å². The number of amides is 1. The molecular formula is C19H19BrF3N3O3. The summed E-state index contributed by atoms with van der Waals surface area (Å²) in [6, 6.07) is 3.39. The zero-order chi connectivity index (χ0) is 21.3. The molecule has 1 aromatic carbocycles. The number of carboxylic acids is 1. The number of halogens is 4. The molecule has 2 aliphatic rings. The van der Waals surface area contributed by atoms with E-state index < -0.39 is 29.8 Å². The van der Waals surface area contributed by atoms with Crippen molar-refractivity contribution in [1.82, 2.24) is 4.90 Å². The van der Waals surface area contributed by atoms with Gasteiger partial charge in [-0.05, 0) is 42.3 Å². The highest BCUT2D eigenvalue weighted by atomic mass is 79.9. The molecular weight excluding hydrogens is 455 g/mol. The lowest BCUT2D eigenvalue weighted by atomic mass is 9.97. The van der Waals surface area contributed by atoms with Crippen molar-refractivity contribution in [3.05, 3.63) is 45.8 Å². The van der Waals surface area contributed by atoms with Crippen molar-refractivity contribution < 1.29 is 27.9 Å². The van der Waals surface area contributed by atoms with Crippen molar-refractivity contribution in [3.63, 3.8) is 0 Å². The number of hydrogen-bond donors (Lipinski definition) is 2. The molecule has 1 amide bonds. The maximum absolute atomic E-state index is 14.3. The predicted molar refractivity (Wildman–Crippen MR) is 103 cm³/mol. The van der Waals surface area contributed by atoms with E-state index in [-0.39, 0.29) is 30.4 Å². The smallest absolute Gasteiger partial charge is 0.331 e. The second kappa shape index (κ2) is 8.17. The molecule has 0 radical (unpaired) electrons. The molecule has 1 aliphatic heterocycles. The summed E-state index contributed by atoms with van der Waals surface area (Å²) >= 11 is 3.19. The Morgan fingerprint density at radius 1 is 1.48 bits per heavy atom. The first-order valence-corrected chi connectivity index (χ1v) is 9.70. The van der Waals surface area contributed by atoms with Gasteiger partial charge in [0.15, 0.2) is 0 Å². The van der Waals surface area contributed by atoms with E-state index in [1.54, 1.807) is 12.1 Å². The van der Waals surface area contributed by atoms with Gasteiger partial charge >= 0.3 is 12.5 Å². The third-order valence-corrected chi connectivity index (χ3v) is 6.05. The Bertz CT molecular complexity index is 893. The van der Waals surface area contributed by atoms with Gasteiger partial charge in [-0.1, -0.05) is 22.0 Å². The number of benzene rings is 1. The summed E-state index contributed by atoms with van der Waals surface area (Å²) in [6.07, 6.45) is 2.41. The number of likely N-dealkylation sites (tertiary alicyclic amines) is 1. The molecule has 0 bridgehead atoms. The van der Waals surface area contributed by atoms with Crippen molar-refractivity contribution in [1.29, 1.82) is 0 Å². The Morgan fingerprint density at radius 3 is 2.79 bits per heavy atom. The monoisotopic (exact) mass is 473 g/mol. The maximum atomic E-state index is 14.3. The Hall–Kier alpha value is -2.36. The van der Waals surface area contributed by atoms with E-state index in [4.69, 9.17) is 5.73 Å². The zero-order valence-electron chi connectivity index (χ0n) is 15.2. The summed E-state index contributed by atoms with van der Waals surface area (Å²) in [4.78, 5) is 29.0. The predicted octanol–water partition coefficient (Wildman–Crippen LogP) is 3.27. The zero-order valence-corrected chi connectivity index (χ0v) is 16.8. The van der Waals surface area contributed by atoms with Crippen LogP contribution in [0.3, 0.4) is 0 Å². The molecule has 1 saturated carbocycles. The third kappa shape index (κ3) is 4.17. The minimum Gasteiger partial charge on any atom is -0.480 e. The number of alkyl halides is 2. The van der Waals surface area contributed by atoms with Gasteiger partial charge in [-0.3, -0.25) is 4.79 Å². The summed E-state index contributed by atoms with van der Waals surface area (Å²) in [5.41, 5.74) is 5.09. The summed E-state index contributed by atoms with van der Waals surface area (Å²) in [5, 5.41) is 9.60. The minimum absolute atomic E-state index is 0.0813. The van der Waals surface area contributed by atoms with Gasteiger partial charge in [0.1, 0.15) is 11.9 Å². The number of nitrogens with two attached hydrogens (primary N) is 1. The molecule has 0 unspecified atom stereocenters. The van der Waals surface area contributed by atoms with E-state index in [2.05, 4.69) is 20.9 Å². The normalized spacial score (nSPS) is 25.4. The van der Waals surface area contributed by atoms with Gasteiger partial charge in [-0.2, -0.15) is 8.78 Å². The van der Waals surface area contributed by atoms with Gasteiger partial charge in [0.05, 0.1) is 5.41 Å². The van der Waals surface area contributed by atoms with Crippen molar-refractivity contribution in [2.45, 2.75) is 37.8 Å². The average molecular weight is 474 g/mol. The van der Waals surface area contributed by atoms with Crippen LogP contribution in [0.2, 0.25) is 0 Å². The number of carboxylic acid groups (broad SMARTS) is 1. The first kappa shape index (κ1) is 21.4. The van der Waals surface area contributed by atoms with Crippen LogP contribution in [-0.4, -0.2) is 47.2 Å². The van der Waals surface area contributed by atoms with E-state index in [1.165, 1.54) is 11.0 Å². The van der Waals surface area contributed by atoms with E-state index in [1.807, 2.05) is 0 Å². The van der Waals surface area contributed by atoms with Crippen LogP contribution in [0.4, 0.5) is 13.2 Å². The molecule has 1 aromatic rings. The molecule has 3 atom stereocenters. The van der Waals surface area contributed by atoms with Crippen LogP contribution in [0, 0.1) is 11.2 Å². The maximum Gasteiger partial charge on any atom is 0.331 e. The van der Waals surface area contributed by atoms with Gasteiger partial charge < -0.3 is 15.7 Å². The molecule has 0 aromatic heterocycles. The SMILES string of the molecule is N/C=C(\C=N\C(F)F)C[C@H](C(=O)O)N1CC[C@@]2(C[C@@H]2c2ccc(Br)cc2F)C1=O. The lowest BCUT2D eigenvalue weighted by Gasteiger charge is -2.25. The molecule has 3 rings (SSSR count). The number of carbonyl (C=O) groups excluding carboxylic acids is 1. The van der Waals surface area contributed by atoms with Crippen molar-refractivity contribution >= 4 is 34.0 Å². The second-order valence-corrected chi connectivity index (χ2v) is 8.10. The van der Waals surface area contributed by atoms with Crippen LogP contribution in [0.1, 0.15) is 30.7 Å². The third-order valence-electron chi connectivity index (χ3n) is 5.56. The summed E-state index contributed by atoms with van der Waals surface area (Å²) in [5.74, 6) is -2.36. The van der Waals surface area contributed by atoms with Crippen LogP contribution in [0.15, 0.2) is 39.4 Å². The Balaban J connectivity index is 1.78. The molecule has 1 aliphatic carbocycles. The summed E-state index contributed by atoms with van der Waals surface area (Å²) < 4.78 is 39.5. The van der Waals surface area contributed by atoms with Gasteiger partial charge in [-0.15, -0.1) is 0 Å². The number of nitrogens with zero attached hydrogens (tertiary/aromatic N) is 2. The van der Waals surface area contributed by atoms with Gasteiger partial charge in [0.2, 0.25) is 5.91 Å². The molecule has 2 fully saturated rings. The van der Waals surface area contributed by atoms with Gasteiger partial charge in [-0.25, -0.2) is 14.2 Å². The molecule has 1 spiro atoms. The fourth-order valence-corrected chi connectivity index (χ4v) is 4.32. The number of aliphatic carboxylic acids is 1. The first-order valence-electron chi connectivity index (χ1n) is 8.90. The molecule has 29 heavy (non-hydrogen) atoms. The largest absolute Gasteiger partial charge is 0.480 e. The fraction of sp³-hybridized carbons (Fsp3) is 0.421. The van der Waals surface area contributed by atoms with Crippen molar-refractivity contribution in [2.75, 3.05) is 6.54 Å². The van der Waals surface area contributed by atoms with Gasteiger partial charge in [0.25, 0.3) is 0 Å². The van der Waals surface area contributed by atoms with Crippen molar-refractivity contribution in [3.8, 4) is 0 Å². The summed E-state index contributed by atoms with van der Waals surface area (Å²) in [6.45, 7) is -2.76. The van der Waals surface area contributed by atoms with Crippen molar-refractivity contribution in [2.24, 2.45) is 16.1 Å². The molecule has 1 saturated heterocycles. The topological polar surface area (TPSA) is 96.0 Å².